The Morgan fingerprint density at radius 2 is 1.69 bits per heavy atom. The van der Waals surface area contributed by atoms with Crippen molar-refractivity contribution in [2.75, 3.05) is 13.1 Å². The lowest BCUT2D eigenvalue weighted by atomic mass is 10.1. The smallest absolute Gasteiger partial charge is 0.269 e. The van der Waals surface area contributed by atoms with Crippen molar-refractivity contribution in [3.8, 4) is 0 Å². The monoisotopic (exact) mass is 489 g/mol. The Balaban J connectivity index is 1.73. The number of hydrogen-bond donors (Lipinski definition) is 0. The van der Waals surface area contributed by atoms with Crippen molar-refractivity contribution in [2.24, 2.45) is 0 Å². The van der Waals surface area contributed by atoms with Crippen molar-refractivity contribution >= 4 is 23.6 Å². The Kier molecular flexibility index (Phi) is 8.78. The molecule has 0 fully saturated rings. The van der Waals surface area contributed by atoms with E-state index < -0.39 is 10.5 Å². The molecule has 188 valence electrons. The van der Waals surface area contributed by atoms with Gasteiger partial charge in [-0.2, -0.15) is 0 Å². The molecule has 0 spiro atoms. The first-order valence-electron chi connectivity index (χ1n) is 11.7. The van der Waals surface area contributed by atoms with Gasteiger partial charge in [0.25, 0.3) is 5.69 Å². The molecule has 0 saturated carbocycles. The molecule has 0 N–H and O–H groups in total. The van der Waals surface area contributed by atoms with E-state index in [1.807, 2.05) is 57.2 Å². The van der Waals surface area contributed by atoms with Gasteiger partial charge >= 0.3 is 0 Å². The summed E-state index contributed by atoms with van der Waals surface area (Å²) < 4.78 is 5.47. The summed E-state index contributed by atoms with van der Waals surface area (Å²) in [4.78, 5) is 40.2. The fourth-order valence-corrected chi connectivity index (χ4v) is 3.64. The van der Waals surface area contributed by atoms with Gasteiger partial charge in [0.15, 0.2) is 0 Å². The first kappa shape index (κ1) is 26.4. The number of nitro benzene ring substituents is 1. The maximum atomic E-state index is 13.4. The fraction of sp³-hybridized carbons (Fsp3) is 0.286. The number of nitrogens with zero attached hydrogens (tertiary/aromatic N) is 3. The first-order valence-corrected chi connectivity index (χ1v) is 11.7. The average Bonchev–Trinajstić information content (AvgIpc) is 3.37. The normalized spacial score (nSPS) is 11.4. The van der Waals surface area contributed by atoms with E-state index in [0.717, 1.165) is 5.56 Å². The summed E-state index contributed by atoms with van der Waals surface area (Å²) in [5, 5.41) is 10.8. The Morgan fingerprint density at radius 1 is 1.00 bits per heavy atom. The summed E-state index contributed by atoms with van der Waals surface area (Å²) >= 11 is 0. The number of hydrogen-bond acceptors (Lipinski definition) is 5. The van der Waals surface area contributed by atoms with Crippen molar-refractivity contribution in [2.45, 2.75) is 39.3 Å². The molecule has 8 heteroatoms. The molecule has 1 aromatic heterocycles. The van der Waals surface area contributed by atoms with Crippen molar-refractivity contribution < 1.29 is 18.9 Å². The summed E-state index contributed by atoms with van der Waals surface area (Å²) in [5.74, 6) is 0.160. The zero-order valence-corrected chi connectivity index (χ0v) is 20.8. The van der Waals surface area contributed by atoms with Crippen LogP contribution in [0, 0.1) is 10.1 Å². The van der Waals surface area contributed by atoms with Gasteiger partial charge in [-0.15, -0.1) is 0 Å². The Hall–Kier alpha value is -4.20. The topological polar surface area (TPSA) is 96.9 Å². The van der Waals surface area contributed by atoms with Gasteiger partial charge in [0.05, 0.1) is 17.7 Å². The molecular weight excluding hydrogens is 458 g/mol. The fourth-order valence-electron chi connectivity index (χ4n) is 3.64. The minimum Gasteiger partial charge on any atom is -0.467 e. The molecule has 3 aromatic rings. The largest absolute Gasteiger partial charge is 0.467 e. The van der Waals surface area contributed by atoms with Gasteiger partial charge in [-0.05, 0) is 68.7 Å². The van der Waals surface area contributed by atoms with Gasteiger partial charge in [-0.25, -0.2) is 0 Å². The van der Waals surface area contributed by atoms with Gasteiger partial charge in [0.1, 0.15) is 12.3 Å². The van der Waals surface area contributed by atoms with Crippen LogP contribution in [0.4, 0.5) is 5.69 Å². The maximum Gasteiger partial charge on any atom is 0.269 e. The zero-order chi connectivity index (χ0) is 26.1. The Morgan fingerprint density at radius 3 is 2.28 bits per heavy atom. The van der Waals surface area contributed by atoms with E-state index in [-0.39, 0.29) is 24.0 Å². The predicted molar refractivity (Wildman–Crippen MR) is 138 cm³/mol. The SMILES string of the molecule is CC(C)(C)N(CC(=O)N(CCc1ccccc1)Cc1ccco1)C(=O)C=Cc1ccc([N+](=O)[O-])cc1. The molecule has 0 saturated heterocycles. The highest BCUT2D eigenvalue weighted by atomic mass is 16.6. The van der Waals surface area contributed by atoms with E-state index in [1.54, 1.807) is 35.4 Å². The number of furan rings is 1. The van der Waals surface area contributed by atoms with Crippen LogP contribution in [0.5, 0.6) is 0 Å². The highest BCUT2D eigenvalue weighted by Crippen LogP contribution is 2.18. The van der Waals surface area contributed by atoms with Crippen LogP contribution >= 0.6 is 0 Å². The van der Waals surface area contributed by atoms with E-state index in [4.69, 9.17) is 4.42 Å². The van der Waals surface area contributed by atoms with Gasteiger partial charge in [0.2, 0.25) is 11.8 Å². The summed E-state index contributed by atoms with van der Waals surface area (Å²) in [6, 6.07) is 19.4. The number of benzene rings is 2. The van der Waals surface area contributed by atoms with Gasteiger partial charge in [0, 0.05) is 30.3 Å². The number of carbonyl (C=O) groups excluding carboxylic acids is 2. The molecule has 3 rings (SSSR count). The molecule has 8 nitrogen and oxygen atoms in total. The first-order chi connectivity index (χ1) is 17.1. The number of non-ortho nitro benzene ring substituents is 1. The molecule has 2 amide bonds. The van der Waals surface area contributed by atoms with Crippen LogP contribution in [0.3, 0.4) is 0 Å². The average molecular weight is 490 g/mol. The van der Waals surface area contributed by atoms with E-state index >= 15 is 0 Å². The van der Waals surface area contributed by atoms with E-state index in [2.05, 4.69) is 0 Å². The maximum absolute atomic E-state index is 13.4. The molecular formula is C28H31N3O5. The predicted octanol–water partition coefficient (Wildman–Crippen LogP) is 5.10. The van der Waals surface area contributed by atoms with Crippen molar-refractivity contribution in [3.05, 3.63) is 106 Å². The number of rotatable bonds is 10. The van der Waals surface area contributed by atoms with Crippen LogP contribution in [-0.4, -0.2) is 45.2 Å². The third-order valence-electron chi connectivity index (χ3n) is 5.68. The summed E-state index contributed by atoms with van der Waals surface area (Å²) in [6.07, 6.45) is 5.23. The zero-order valence-electron chi connectivity index (χ0n) is 20.8. The van der Waals surface area contributed by atoms with Crippen LogP contribution in [-0.2, 0) is 22.6 Å². The molecule has 36 heavy (non-hydrogen) atoms. The van der Waals surface area contributed by atoms with Crippen LogP contribution in [0.25, 0.3) is 6.08 Å². The molecule has 0 bridgehead atoms. The van der Waals surface area contributed by atoms with Crippen molar-refractivity contribution in [3.63, 3.8) is 0 Å². The molecule has 0 aliphatic rings. The van der Waals surface area contributed by atoms with E-state index in [1.165, 1.54) is 23.1 Å². The van der Waals surface area contributed by atoms with Gasteiger partial charge in [-0.3, -0.25) is 19.7 Å². The Labute approximate surface area is 211 Å². The molecule has 0 aliphatic carbocycles. The summed E-state index contributed by atoms with van der Waals surface area (Å²) in [5.41, 5.74) is 1.14. The highest BCUT2D eigenvalue weighted by molar-refractivity contribution is 5.95. The minimum atomic E-state index is -0.609. The highest BCUT2D eigenvalue weighted by Gasteiger charge is 2.29. The second kappa shape index (κ2) is 12.0. The van der Waals surface area contributed by atoms with Crippen LogP contribution in [0.1, 0.15) is 37.7 Å². The minimum absolute atomic E-state index is 0.0208. The summed E-state index contributed by atoms with van der Waals surface area (Å²) in [6.45, 7) is 6.32. The summed E-state index contributed by atoms with van der Waals surface area (Å²) in [7, 11) is 0. The van der Waals surface area contributed by atoms with E-state index in [0.29, 0.717) is 30.8 Å². The van der Waals surface area contributed by atoms with Crippen molar-refractivity contribution in [1.29, 1.82) is 0 Å². The third kappa shape index (κ3) is 7.66. The number of carbonyl (C=O) groups is 2. The molecule has 0 aliphatic heterocycles. The van der Waals surface area contributed by atoms with Crippen LogP contribution in [0.2, 0.25) is 0 Å². The number of amides is 2. The third-order valence-corrected chi connectivity index (χ3v) is 5.68. The quantitative estimate of drug-likeness (QED) is 0.224. The molecule has 0 atom stereocenters. The molecule has 0 unspecified atom stereocenters. The lowest BCUT2D eigenvalue weighted by Gasteiger charge is -2.36. The lowest BCUT2D eigenvalue weighted by molar-refractivity contribution is -0.384. The Bertz CT molecular complexity index is 1180. The van der Waals surface area contributed by atoms with Crippen LogP contribution < -0.4 is 0 Å². The van der Waals surface area contributed by atoms with Gasteiger partial charge < -0.3 is 14.2 Å². The standard InChI is InChI=1S/C28H31N3O5/c1-28(2,3)30(26(32)16-13-23-11-14-24(15-12-23)31(34)35)21-27(33)29(20-25-10-7-19-36-25)18-17-22-8-5-4-6-9-22/h4-16,19H,17-18,20-21H2,1-3H3. The van der Waals surface area contributed by atoms with Crippen molar-refractivity contribution in [1.82, 2.24) is 9.80 Å². The second-order valence-electron chi connectivity index (χ2n) is 9.41. The second-order valence-corrected chi connectivity index (χ2v) is 9.41. The lowest BCUT2D eigenvalue weighted by Crippen LogP contribution is -2.50. The molecule has 1 heterocycles. The van der Waals surface area contributed by atoms with E-state index in [9.17, 15) is 19.7 Å². The number of nitro groups is 1. The van der Waals surface area contributed by atoms with Crippen LogP contribution in [0.15, 0.2) is 83.5 Å². The molecule has 2 aromatic carbocycles. The van der Waals surface area contributed by atoms with Gasteiger partial charge in [-0.1, -0.05) is 30.3 Å². The molecule has 0 radical (unpaired) electrons.